The summed E-state index contributed by atoms with van der Waals surface area (Å²) in [5, 5.41) is 0. The Morgan fingerprint density at radius 2 is 1.86 bits per heavy atom. The first-order valence-corrected chi connectivity index (χ1v) is 6.14. The molecule has 0 N–H and O–H groups in total. The van der Waals surface area contributed by atoms with E-state index < -0.39 is 5.97 Å². The highest BCUT2D eigenvalue weighted by molar-refractivity contribution is 5.87. The predicted molar refractivity (Wildman–Crippen MR) is 82.0 cm³/mol. The molecule has 1 rings (SSSR count). The highest BCUT2D eigenvalue weighted by Gasteiger charge is 1.95. The lowest BCUT2D eigenvalue weighted by molar-refractivity contribution is -0.136. The van der Waals surface area contributed by atoms with Gasteiger partial charge < -0.3 is 9.47 Å². The second kappa shape index (κ2) is 9.79. The standard InChI is InChI=1S/C18H14O3/c1-3-4-5-6-7-8-15-21-18(19)14-11-16-9-12-17(20-2)13-10-16/h9-14H,15H2,1-2H3/b14-11+. The lowest BCUT2D eigenvalue weighted by atomic mass is 10.2. The van der Waals surface area contributed by atoms with Gasteiger partial charge in [0, 0.05) is 6.08 Å². The Kier molecular flexibility index (Phi) is 7.44. The molecule has 3 heteroatoms. The molecule has 0 bridgehead atoms. The fourth-order valence-electron chi connectivity index (χ4n) is 1.24. The normalized spacial score (nSPS) is 8.48. The Morgan fingerprint density at radius 1 is 1.14 bits per heavy atom. The van der Waals surface area contributed by atoms with Crippen LogP contribution in [0.5, 0.6) is 5.75 Å². The molecule has 0 spiro atoms. The first-order chi connectivity index (χ1) is 10.3. The summed E-state index contributed by atoms with van der Waals surface area (Å²) in [6.07, 6.45) is 3.00. The van der Waals surface area contributed by atoms with E-state index in [9.17, 15) is 4.79 Å². The fraction of sp³-hybridized carbons (Fsp3) is 0.167. The third-order valence-electron chi connectivity index (χ3n) is 2.22. The molecule has 1 aromatic rings. The maximum absolute atomic E-state index is 11.4. The van der Waals surface area contributed by atoms with Crippen molar-refractivity contribution in [3.8, 4) is 41.3 Å². The van der Waals surface area contributed by atoms with Crippen molar-refractivity contribution in [2.24, 2.45) is 0 Å². The Labute approximate surface area is 125 Å². The van der Waals surface area contributed by atoms with E-state index in [1.807, 2.05) is 24.3 Å². The molecule has 0 aliphatic heterocycles. The zero-order chi connectivity index (χ0) is 15.3. The summed E-state index contributed by atoms with van der Waals surface area (Å²) < 4.78 is 9.93. The molecule has 0 aliphatic rings. The van der Waals surface area contributed by atoms with Crippen molar-refractivity contribution < 1.29 is 14.3 Å². The number of carbonyl (C=O) groups excluding carboxylic acids is 1. The number of rotatable bonds is 4. The molecule has 104 valence electrons. The minimum Gasteiger partial charge on any atom is -0.497 e. The number of ether oxygens (including phenoxy) is 2. The highest BCUT2D eigenvalue weighted by Crippen LogP contribution is 2.12. The molecule has 0 saturated heterocycles. The number of hydrogen-bond donors (Lipinski definition) is 0. The second-order valence-corrected chi connectivity index (χ2v) is 3.64. The van der Waals surface area contributed by atoms with Gasteiger partial charge in [0.25, 0.3) is 0 Å². The van der Waals surface area contributed by atoms with Crippen LogP contribution in [-0.4, -0.2) is 19.7 Å². The largest absolute Gasteiger partial charge is 0.497 e. The molecule has 0 aromatic heterocycles. The minimum atomic E-state index is -0.457. The molecule has 0 saturated carbocycles. The van der Waals surface area contributed by atoms with Crippen molar-refractivity contribution in [3.63, 3.8) is 0 Å². The summed E-state index contributed by atoms with van der Waals surface area (Å²) in [5.41, 5.74) is 0.878. The van der Waals surface area contributed by atoms with Crippen LogP contribution < -0.4 is 4.74 Å². The van der Waals surface area contributed by atoms with Gasteiger partial charge in [-0.15, -0.1) is 0 Å². The second-order valence-electron chi connectivity index (χ2n) is 3.64. The summed E-state index contributed by atoms with van der Waals surface area (Å²) in [4.78, 5) is 11.4. The van der Waals surface area contributed by atoms with Crippen LogP contribution in [0.2, 0.25) is 0 Å². The Balaban J connectivity index is 2.40. The summed E-state index contributed by atoms with van der Waals surface area (Å²) in [7, 11) is 1.60. The third kappa shape index (κ3) is 7.16. The summed E-state index contributed by atoms with van der Waals surface area (Å²) in [6.45, 7) is 1.69. The van der Waals surface area contributed by atoms with E-state index >= 15 is 0 Å². The maximum Gasteiger partial charge on any atom is 0.331 e. The van der Waals surface area contributed by atoms with Gasteiger partial charge in [-0.25, -0.2) is 4.79 Å². The zero-order valence-corrected chi connectivity index (χ0v) is 11.9. The van der Waals surface area contributed by atoms with Gasteiger partial charge >= 0.3 is 5.97 Å². The molecule has 0 heterocycles. The lowest BCUT2D eigenvalue weighted by Gasteiger charge is -1.99. The van der Waals surface area contributed by atoms with Crippen LogP contribution in [-0.2, 0) is 9.53 Å². The van der Waals surface area contributed by atoms with E-state index in [0.29, 0.717) is 0 Å². The van der Waals surface area contributed by atoms with Crippen LogP contribution in [0.25, 0.3) is 6.08 Å². The minimum absolute atomic E-state index is 0.0000193. The van der Waals surface area contributed by atoms with Gasteiger partial charge in [-0.2, -0.15) is 0 Å². The van der Waals surface area contributed by atoms with Crippen molar-refractivity contribution in [2.75, 3.05) is 13.7 Å². The maximum atomic E-state index is 11.4. The summed E-state index contributed by atoms with van der Waals surface area (Å²) in [6, 6.07) is 7.31. The molecule has 0 unspecified atom stereocenters. The van der Waals surface area contributed by atoms with E-state index in [4.69, 9.17) is 9.47 Å². The average Bonchev–Trinajstić information content (AvgIpc) is 2.52. The van der Waals surface area contributed by atoms with Gasteiger partial charge in [-0.3, -0.25) is 0 Å². The van der Waals surface area contributed by atoms with Gasteiger partial charge in [0.2, 0.25) is 0 Å². The van der Waals surface area contributed by atoms with Gasteiger partial charge in [0.1, 0.15) is 5.75 Å². The molecule has 1 aromatic carbocycles. The smallest absolute Gasteiger partial charge is 0.331 e. The quantitative estimate of drug-likeness (QED) is 0.481. The monoisotopic (exact) mass is 278 g/mol. The molecule has 21 heavy (non-hydrogen) atoms. The van der Waals surface area contributed by atoms with Crippen LogP contribution in [0.3, 0.4) is 0 Å². The van der Waals surface area contributed by atoms with Crippen molar-refractivity contribution in [3.05, 3.63) is 35.9 Å². The van der Waals surface area contributed by atoms with Gasteiger partial charge in [0.15, 0.2) is 6.61 Å². The van der Waals surface area contributed by atoms with Gasteiger partial charge in [-0.05, 0) is 60.3 Å². The zero-order valence-electron chi connectivity index (χ0n) is 11.9. The molecule has 0 atom stereocenters. The first kappa shape index (κ1) is 16.0. The molecule has 0 fully saturated rings. The van der Waals surface area contributed by atoms with Crippen molar-refractivity contribution in [1.29, 1.82) is 0 Å². The van der Waals surface area contributed by atoms with Crippen LogP contribution in [0.1, 0.15) is 12.5 Å². The van der Waals surface area contributed by atoms with Crippen LogP contribution in [0, 0.1) is 35.5 Å². The first-order valence-electron chi connectivity index (χ1n) is 6.14. The molecular formula is C18H14O3. The van der Waals surface area contributed by atoms with Crippen molar-refractivity contribution in [2.45, 2.75) is 6.92 Å². The molecule has 0 amide bonds. The third-order valence-corrected chi connectivity index (χ3v) is 2.22. The van der Waals surface area contributed by atoms with E-state index in [2.05, 4.69) is 35.5 Å². The Bertz CT molecular complexity index is 678. The van der Waals surface area contributed by atoms with Crippen LogP contribution in [0.15, 0.2) is 30.3 Å². The SMILES string of the molecule is CC#CC#CC#CCOC(=O)/C=C/c1ccc(OC)cc1. The number of carbonyl (C=O) groups is 1. The Hall–Kier alpha value is -3.09. The number of hydrogen-bond acceptors (Lipinski definition) is 3. The number of benzene rings is 1. The van der Waals surface area contributed by atoms with Crippen LogP contribution in [0.4, 0.5) is 0 Å². The molecule has 3 nitrogen and oxygen atoms in total. The number of esters is 1. The highest BCUT2D eigenvalue weighted by atomic mass is 16.5. The molecule has 0 radical (unpaired) electrons. The Morgan fingerprint density at radius 3 is 2.52 bits per heavy atom. The van der Waals surface area contributed by atoms with Crippen LogP contribution >= 0.6 is 0 Å². The predicted octanol–water partition coefficient (Wildman–Crippen LogP) is 2.28. The van der Waals surface area contributed by atoms with Crippen molar-refractivity contribution >= 4 is 12.0 Å². The molecular weight excluding hydrogens is 264 g/mol. The van der Waals surface area contributed by atoms with Gasteiger partial charge in [0.05, 0.1) is 7.11 Å². The topological polar surface area (TPSA) is 35.5 Å². The van der Waals surface area contributed by atoms with E-state index in [-0.39, 0.29) is 6.61 Å². The van der Waals surface area contributed by atoms with E-state index in [1.54, 1.807) is 20.1 Å². The lowest BCUT2D eigenvalue weighted by Crippen LogP contribution is -2.00. The van der Waals surface area contributed by atoms with Crippen molar-refractivity contribution in [1.82, 2.24) is 0 Å². The number of methoxy groups -OCH3 is 1. The van der Waals surface area contributed by atoms with E-state index in [0.717, 1.165) is 11.3 Å². The summed E-state index contributed by atoms with van der Waals surface area (Å²) in [5.74, 6) is 15.7. The average molecular weight is 278 g/mol. The fourth-order valence-corrected chi connectivity index (χ4v) is 1.24. The van der Waals surface area contributed by atoms with Gasteiger partial charge in [-0.1, -0.05) is 18.1 Å². The summed E-state index contributed by atoms with van der Waals surface area (Å²) >= 11 is 0. The van der Waals surface area contributed by atoms with E-state index in [1.165, 1.54) is 6.08 Å². The molecule has 0 aliphatic carbocycles.